The van der Waals surface area contributed by atoms with Crippen molar-refractivity contribution in [2.24, 2.45) is 0 Å². The fourth-order valence-corrected chi connectivity index (χ4v) is 3.82. The fraction of sp³-hybridized carbons (Fsp3) is 0.238. The van der Waals surface area contributed by atoms with Gasteiger partial charge in [0.15, 0.2) is 9.84 Å². The van der Waals surface area contributed by atoms with Crippen molar-refractivity contribution in [3.63, 3.8) is 0 Å². The maximum atomic E-state index is 12.2. The van der Waals surface area contributed by atoms with Crippen LogP contribution in [0, 0.1) is 0 Å². The highest BCUT2D eigenvalue weighted by atomic mass is 32.2. The summed E-state index contributed by atoms with van der Waals surface area (Å²) in [5.74, 6) is -0.369. The summed E-state index contributed by atoms with van der Waals surface area (Å²) < 4.78 is 22.9. The molecule has 2 aromatic carbocycles. The molecule has 0 bridgehead atoms. The first-order valence-corrected chi connectivity index (χ1v) is 10.7. The molecule has 0 spiro atoms. The molecule has 7 heteroatoms. The molecule has 2 N–H and O–H groups in total. The van der Waals surface area contributed by atoms with E-state index in [1.165, 1.54) is 18.2 Å². The lowest BCUT2D eigenvalue weighted by Crippen LogP contribution is -2.32. The average molecular weight is 398 g/mol. The first-order chi connectivity index (χ1) is 13.0. The molecule has 0 radical (unpaired) electrons. The molecule has 0 fully saturated rings. The van der Waals surface area contributed by atoms with Crippen molar-refractivity contribution in [3.05, 3.63) is 59.7 Å². The van der Waals surface area contributed by atoms with Crippen molar-refractivity contribution < 1.29 is 18.0 Å². The van der Waals surface area contributed by atoms with Gasteiger partial charge < -0.3 is 10.6 Å². The summed E-state index contributed by atoms with van der Waals surface area (Å²) in [6.45, 7) is 4.03. The third-order valence-electron chi connectivity index (χ3n) is 4.63. The summed E-state index contributed by atoms with van der Waals surface area (Å²) >= 11 is 0. The molecule has 0 aliphatic carbocycles. The van der Waals surface area contributed by atoms with E-state index in [4.69, 9.17) is 0 Å². The highest BCUT2D eigenvalue weighted by molar-refractivity contribution is 7.90. The van der Waals surface area contributed by atoms with Crippen LogP contribution in [0.25, 0.3) is 6.08 Å². The topological polar surface area (TPSA) is 92.3 Å². The minimum atomic E-state index is -3.24. The van der Waals surface area contributed by atoms with Crippen molar-refractivity contribution in [2.75, 3.05) is 16.9 Å². The number of hydrogen-bond acceptors (Lipinski definition) is 4. The zero-order valence-corrected chi connectivity index (χ0v) is 16.8. The van der Waals surface area contributed by atoms with E-state index in [0.29, 0.717) is 23.4 Å². The number of carbonyl (C=O) groups excluding carboxylic acids is 2. The Hall–Kier alpha value is -2.93. The summed E-state index contributed by atoms with van der Waals surface area (Å²) in [4.78, 5) is 24.3. The van der Waals surface area contributed by atoms with Gasteiger partial charge in [0.25, 0.3) is 0 Å². The van der Waals surface area contributed by atoms with Crippen molar-refractivity contribution >= 4 is 39.1 Å². The summed E-state index contributed by atoms with van der Waals surface area (Å²) in [5, 5.41) is 5.61. The Morgan fingerprint density at radius 2 is 1.82 bits per heavy atom. The third kappa shape index (κ3) is 4.48. The van der Waals surface area contributed by atoms with Crippen LogP contribution in [-0.4, -0.2) is 26.5 Å². The van der Waals surface area contributed by atoms with E-state index in [2.05, 4.69) is 10.6 Å². The predicted molar refractivity (Wildman–Crippen MR) is 110 cm³/mol. The summed E-state index contributed by atoms with van der Waals surface area (Å²) in [7, 11) is -3.24. The highest BCUT2D eigenvalue weighted by Gasteiger charge is 2.31. The minimum absolute atomic E-state index is 0.0431. The molecule has 1 heterocycles. The van der Waals surface area contributed by atoms with Gasteiger partial charge in [-0.05, 0) is 41.5 Å². The van der Waals surface area contributed by atoms with Crippen LogP contribution in [0.2, 0.25) is 0 Å². The van der Waals surface area contributed by atoms with Crippen molar-refractivity contribution in [2.45, 2.75) is 30.6 Å². The normalized spacial score (nSPS) is 15.8. The van der Waals surface area contributed by atoms with E-state index in [0.717, 1.165) is 11.8 Å². The zero-order valence-electron chi connectivity index (χ0n) is 15.9. The average Bonchev–Trinajstić information content (AvgIpc) is 2.58. The molecule has 28 heavy (non-hydrogen) atoms. The molecule has 0 aromatic heterocycles. The predicted octanol–water partition coefficient (Wildman–Crippen LogP) is 3.36. The second kappa shape index (κ2) is 7.24. The number of nitrogens with one attached hydrogen (secondary N) is 2. The maximum Gasteiger partial charge on any atom is 0.248 e. The number of fused-ring (bicyclic) bond motifs is 1. The van der Waals surface area contributed by atoms with Crippen LogP contribution in [0.5, 0.6) is 0 Å². The van der Waals surface area contributed by atoms with Gasteiger partial charge in [0, 0.05) is 35.5 Å². The van der Waals surface area contributed by atoms with Gasteiger partial charge >= 0.3 is 0 Å². The molecule has 0 atom stereocenters. The lowest BCUT2D eigenvalue weighted by atomic mass is 9.78. The Bertz CT molecular complexity index is 1070. The molecule has 1 aliphatic rings. The quantitative estimate of drug-likeness (QED) is 0.773. The van der Waals surface area contributed by atoms with Gasteiger partial charge in [-0.25, -0.2) is 8.42 Å². The van der Waals surface area contributed by atoms with Crippen LogP contribution in [0.1, 0.15) is 31.4 Å². The lowest BCUT2D eigenvalue weighted by Gasteiger charge is -2.32. The van der Waals surface area contributed by atoms with Crippen molar-refractivity contribution in [3.8, 4) is 0 Å². The number of rotatable bonds is 4. The first-order valence-electron chi connectivity index (χ1n) is 8.78. The van der Waals surface area contributed by atoms with Crippen LogP contribution in [0.15, 0.2) is 53.4 Å². The maximum absolute atomic E-state index is 12.2. The molecular formula is C21H22N2O4S. The Kier molecular flexibility index (Phi) is 5.12. The van der Waals surface area contributed by atoms with Gasteiger partial charge in [0.05, 0.1) is 4.90 Å². The van der Waals surface area contributed by atoms with Crippen molar-refractivity contribution in [1.29, 1.82) is 0 Å². The number of carbonyl (C=O) groups is 2. The molecule has 0 unspecified atom stereocenters. The minimum Gasteiger partial charge on any atom is -0.326 e. The number of hydrogen-bond donors (Lipinski definition) is 2. The smallest absolute Gasteiger partial charge is 0.248 e. The molecular weight excluding hydrogens is 376 g/mol. The van der Waals surface area contributed by atoms with Crippen LogP contribution in [0.3, 0.4) is 0 Å². The Morgan fingerprint density at radius 1 is 1.14 bits per heavy atom. The van der Waals surface area contributed by atoms with Gasteiger partial charge in [-0.3, -0.25) is 9.59 Å². The fourth-order valence-electron chi connectivity index (χ4n) is 3.19. The van der Waals surface area contributed by atoms with E-state index < -0.39 is 9.84 Å². The van der Waals surface area contributed by atoms with Crippen LogP contribution < -0.4 is 10.6 Å². The SMILES string of the molecule is CC1(C)CC(=O)Nc2cc(NC(=O)C=Cc3ccc(S(C)(=O)=O)cc3)ccc21. The monoisotopic (exact) mass is 398 g/mol. The number of benzene rings is 2. The van der Waals surface area contributed by atoms with E-state index in [1.807, 2.05) is 26.0 Å². The van der Waals surface area contributed by atoms with E-state index in [-0.39, 0.29) is 22.1 Å². The van der Waals surface area contributed by atoms with Gasteiger partial charge in [0.1, 0.15) is 0 Å². The number of amides is 2. The Labute approximate surface area is 164 Å². The third-order valence-corrected chi connectivity index (χ3v) is 5.76. The van der Waals surface area contributed by atoms with Gasteiger partial charge in [-0.15, -0.1) is 0 Å². The van der Waals surface area contributed by atoms with E-state index in [1.54, 1.807) is 24.3 Å². The molecule has 3 rings (SSSR count). The summed E-state index contributed by atoms with van der Waals surface area (Å²) in [6, 6.07) is 11.7. The lowest BCUT2D eigenvalue weighted by molar-refractivity contribution is -0.117. The Balaban J connectivity index is 1.71. The number of sulfone groups is 1. The Morgan fingerprint density at radius 3 is 2.46 bits per heavy atom. The molecule has 1 aliphatic heterocycles. The van der Waals surface area contributed by atoms with Crippen LogP contribution >= 0.6 is 0 Å². The van der Waals surface area contributed by atoms with Gasteiger partial charge in [-0.1, -0.05) is 32.0 Å². The van der Waals surface area contributed by atoms with Gasteiger partial charge in [-0.2, -0.15) is 0 Å². The number of anilines is 2. The van der Waals surface area contributed by atoms with E-state index in [9.17, 15) is 18.0 Å². The molecule has 6 nitrogen and oxygen atoms in total. The van der Waals surface area contributed by atoms with Gasteiger partial charge in [0.2, 0.25) is 11.8 Å². The largest absolute Gasteiger partial charge is 0.326 e. The molecule has 2 amide bonds. The highest BCUT2D eigenvalue weighted by Crippen LogP contribution is 2.38. The summed E-state index contributed by atoms with van der Waals surface area (Å²) in [5.41, 5.74) is 2.78. The molecule has 0 saturated carbocycles. The van der Waals surface area contributed by atoms with Crippen molar-refractivity contribution in [1.82, 2.24) is 0 Å². The van der Waals surface area contributed by atoms with Crippen LogP contribution in [0.4, 0.5) is 11.4 Å². The second-order valence-corrected chi connectivity index (χ2v) is 9.55. The standard InChI is InChI=1S/C21H22N2O4S/c1-21(2)13-20(25)23-18-12-15(7-10-17(18)21)22-19(24)11-6-14-4-8-16(9-5-14)28(3,26)27/h4-12H,13H2,1-3H3,(H,22,24)(H,23,25). The second-order valence-electron chi connectivity index (χ2n) is 7.53. The van der Waals surface area contributed by atoms with Crippen LogP contribution in [-0.2, 0) is 24.8 Å². The molecule has 146 valence electrons. The first kappa shape index (κ1) is 19.8. The molecule has 2 aromatic rings. The zero-order chi connectivity index (χ0) is 20.5. The molecule has 0 saturated heterocycles. The summed E-state index contributed by atoms with van der Waals surface area (Å²) in [6.07, 6.45) is 4.54. The van der Waals surface area contributed by atoms with E-state index >= 15 is 0 Å².